The fourth-order valence-electron chi connectivity index (χ4n) is 1.84. The van der Waals surface area contributed by atoms with Crippen LogP contribution in [0.5, 0.6) is 0 Å². The van der Waals surface area contributed by atoms with Crippen LogP contribution in [-0.4, -0.2) is 80.4 Å². The van der Waals surface area contributed by atoms with Gasteiger partial charge in [-0.05, 0) is 13.8 Å². The molecule has 0 atom stereocenters. The molecule has 0 radical (unpaired) electrons. The van der Waals surface area contributed by atoms with Gasteiger partial charge >= 0.3 is 18.0 Å². The van der Waals surface area contributed by atoms with E-state index in [1.165, 1.54) is 0 Å². The van der Waals surface area contributed by atoms with Crippen molar-refractivity contribution in [2.24, 2.45) is 0 Å². The summed E-state index contributed by atoms with van der Waals surface area (Å²) in [7, 11) is 0. The number of esters is 2. The van der Waals surface area contributed by atoms with Crippen LogP contribution in [0.4, 0.5) is 4.79 Å². The lowest BCUT2D eigenvalue weighted by atomic mass is 10.4. The van der Waals surface area contributed by atoms with Gasteiger partial charge in [-0.2, -0.15) is 0 Å². The minimum atomic E-state index is -0.508. The first-order valence-corrected chi connectivity index (χ1v) is 8.20. The molecule has 25 heavy (non-hydrogen) atoms. The van der Waals surface area contributed by atoms with E-state index in [2.05, 4.69) is 13.2 Å². The summed E-state index contributed by atoms with van der Waals surface area (Å²) in [6.45, 7) is 13.3. The normalized spacial score (nSPS) is 10.0. The molecule has 0 aromatic heterocycles. The molecule has 0 saturated heterocycles. The van der Waals surface area contributed by atoms with Gasteiger partial charge in [0, 0.05) is 44.9 Å². The first kappa shape index (κ1) is 22.6. The minimum Gasteiger partial charge on any atom is -0.461 e. The Labute approximate surface area is 149 Å². The van der Waals surface area contributed by atoms with Crippen LogP contribution < -0.4 is 0 Å². The Kier molecular flexibility index (Phi) is 12.7. The fourth-order valence-corrected chi connectivity index (χ4v) is 1.84. The van der Waals surface area contributed by atoms with Crippen molar-refractivity contribution in [3.63, 3.8) is 0 Å². The highest BCUT2D eigenvalue weighted by molar-refractivity contribution is 5.81. The van der Waals surface area contributed by atoms with Gasteiger partial charge in [-0.3, -0.25) is 4.90 Å². The van der Waals surface area contributed by atoms with Gasteiger partial charge in [-0.25, -0.2) is 14.4 Å². The number of hydrogen-bond donors (Lipinski definition) is 0. The molecular formula is C17H28N2O6. The summed E-state index contributed by atoms with van der Waals surface area (Å²) >= 11 is 0. The molecule has 0 aromatic rings. The van der Waals surface area contributed by atoms with Gasteiger partial charge < -0.3 is 19.1 Å². The second-order valence-corrected chi connectivity index (χ2v) is 4.87. The van der Waals surface area contributed by atoms with Crippen LogP contribution in [0.15, 0.2) is 25.3 Å². The van der Waals surface area contributed by atoms with E-state index in [4.69, 9.17) is 14.2 Å². The standard InChI is InChI=1S/C17H28N2O6/c1-5-15(20)23-12-9-18(10-13-24-16(21)6-2)11-14-25-17(22)19(7-3)8-4/h5-6H,1-2,7-14H2,3-4H3. The third-order valence-corrected chi connectivity index (χ3v) is 3.29. The third-order valence-electron chi connectivity index (χ3n) is 3.29. The second-order valence-electron chi connectivity index (χ2n) is 4.87. The molecule has 0 aliphatic rings. The summed E-state index contributed by atoms with van der Waals surface area (Å²) in [4.78, 5) is 37.4. The number of nitrogens with zero attached hydrogens (tertiary/aromatic N) is 2. The molecule has 0 aromatic carbocycles. The Morgan fingerprint density at radius 1 is 0.800 bits per heavy atom. The SMILES string of the molecule is C=CC(=O)OCCN(CCOC(=O)C=C)CCOC(=O)N(CC)CC. The van der Waals surface area contributed by atoms with E-state index in [1.807, 2.05) is 18.7 Å². The van der Waals surface area contributed by atoms with Crippen LogP contribution in [0.3, 0.4) is 0 Å². The average Bonchev–Trinajstić information content (AvgIpc) is 2.61. The van der Waals surface area contributed by atoms with Crippen molar-refractivity contribution in [2.75, 3.05) is 52.5 Å². The van der Waals surface area contributed by atoms with Crippen molar-refractivity contribution in [3.05, 3.63) is 25.3 Å². The summed E-state index contributed by atoms with van der Waals surface area (Å²) < 4.78 is 15.1. The highest BCUT2D eigenvalue weighted by Crippen LogP contribution is 1.96. The molecular weight excluding hydrogens is 328 g/mol. The number of carbonyl (C=O) groups is 3. The molecule has 0 spiro atoms. The van der Waals surface area contributed by atoms with Crippen LogP contribution in [-0.2, 0) is 23.8 Å². The van der Waals surface area contributed by atoms with Crippen LogP contribution in [0.2, 0.25) is 0 Å². The third kappa shape index (κ3) is 10.9. The first-order valence-electron chi connectivity index (χ1n) is 8.20. The molecule has 8 nitrogen and oxygen atoms in total. The van der Waals surface area contributed by atoms with Crippen LogP contribution in [0.1, 0.15) is 13.8 Å². The lowest BCUT2D eigenvalue weighted by Crippen LogP contribution is -2.37. The van der Waals surface area contributed by atoms with E-state index in [1.54, 1.807) is 4.90 Å². The van der Waals surface area contributed by atoms with Crippen molar-refractivity contribution in [2.45, 2.75) is 13.8 Å². The largest absolute Gasteiger partial charge is 0.461 e. The summed E-state index contributed by atoms with van der Waals surface area (Å²) in [5.74, 6) is -1.02. The number of amides is 1. The molecule has 142 valence electrons. The van der Waals surface area contributed by atoms with E-state index in [9.17, 15) is 14.4 Å². The van der Waals surface area contributed by atoms with Gasteiger partial charge in [0.05, 0.1) is 0 Å². The van der Waals surface area contributed by atoms with E-state index in [-0.39, 0.29) is 25.9 Å². The molecule has 0 rings (SSSR count). The van der Waals surface area contributed by atoms with E-state index < -0.39 is 11.9 Å². The molecule has 0 saturated carbocycles. The molecule has 8 heteroatoms. The molecule has 0 bridgehead atoms. The molecule has 0 unspecified atom stereocenters. The van der Waals surface area contributed by atoms with Crippen molar-refractivity contribution in [1.82, 2.24) is 9.80 Å². The Bertz CT molecular complexity index is 422. The predicted molar refractivity (Wildman–Crippen MR) is 93.0 cm³/mol. The van der Waals surface area contributed by atoms with Crippen molar-refractivity contribution < 1.29 is 28.6 Å². The topological polar surface area (TPSA) is 85.4 Å². The van der Waals surface area contributed by atoms with Gasteiger partial charge in [-0.15, -0.1) is 0 Å². The Hall–Kier alpha value is -2.35. The van der Waals surface area contributed by atoms with Gasteiger partial charge in [0.2, 0.25) is 0 Å². The van der Waals surface area contributed by atoms with Gasteiger partial charge in [0.1, 0.15) is 19.8 Å². The summed E-state index contributed by atoms with van der Waals surface area (Å²) in [6.07, 6.45) is 1.80. The molecule has 0 aliphatic carbocycles. The number of carbonyl (C=O) groups excluding carboxylic acids is 3. The average molecular weight is 356 g/mol. The Morgan fingerprint density at radius 3 is 1.56 bits per heavy atom. The number of ether oxygens (including phenoxy) is 3. The molecule has 0 heterocycles. The minimum absolute atomic E-state index is 0.157. The highest BCUT2D eigenvalue weighted by atomic mass is 16.6. The monoisotopic (exact) mass is 356 g/mol. The zero-order chi connectivity index (χ0) is 19.1. The fraction of sp³-hybridized carbons (Fsp3) is 0.588. The maximum absolute atomic E-state index is 11.8. The summed E-state index contributed by atoms with van der Waals surface area (Å²) in [6, 6.07) is 0. The van der Waals surface area contributed by atoms with Crippen molar-refractivity contribution in [1.29, 1.82) is 0 Å². The lowest BCUT2D eigenvalue weighted by Gasteiger charge is -2.23. The highest BCUT2D eigenvalue weighted by Gasteiger charge is 2.12. The Morgan fingerprint density at radius 2 is 1.20 bits per heavy atom. The smallest absolute Gasteiger partial charge is 0.409 e. The van der Waals surface area contributed by atoms with Gasteiger partial charge in [-0.1, -0.05) is 13.2 Å². The zero-order valence-electron chi connectivity index (χ0n) is 15.1. The second kappa shape index (κ2) is 14.0. The molecule has 0 fully saturated rings. The molecule has 0 N–H and O–H groups in total. The van der Waals surface area contributed by atoms with Crippen LogP contribution in [0.25, 0.3) is 0 Å². The number of rotatable bonds is 13. The van der Waals surface area contributed by atoms with Crippen LogP contribution >= 0.6 is 0 Å². The van der Waals surface area contributed by atoms with Gasteiger partial charge in [0.25, 0.3) is 0 Å². The predicted octanol–water partition coefficient (Wildman–Crippen LogP) is 1.23. The van der Waals surface area contributed by atoms with E-state index in [0.717, 1.165) is 12.2 Å². The molecule has 0 aliphatic heterocycles. The maximum Gasteiger partial charge on any atom is 0.409 e. The lowest BCUT2D eigenvalue weighted by molar-refractivity contribution is -0.138. The summed E-state index contributed by atoms with van der Waals surface area (Å²) in [5, 5.41) is 0. The van der Waals surface area contributed by atoms with Crippen molar-refractivity contribution >= 4 is 18.0 Å². The van der Waals surface area contributed by atoms with E-state index >= 15 is 0 Å². The zero-order valence-corrected chi connectivity index (χ0v) is 15.1. The molecule has 1 amide bonds. The van der Waals surface area contributed by atoms with Crippen LogP contribution in [0, 0.1) is 0 Å². The quantitative estimate of drug-likeness (QED) is 0.279. The van der Waals surface area contributed by atoms with Crippen molar-refractivity contribution in [3.8, 4) is 0 Å². The summed E-state index contributed by atoms with van der Waals surface area (Å²) in [5.41, 5.74) is 0. The van der Waals surface area contributed by atoms with E-state index in [0.29, 0.717) is 32.7 Å². The Balaban J connectivity index is 4.32. The number of hydrogen-bond acceptors (Lipinski definition) is 7. The first-order chi connectivity index (χ1) is 12.0. The maximum atomic E-state index is 11.8. The van der Waals surface area contributed by atoms with Gasteiger partial charge in [0.15, 0.2) is 0 Å².